The van der Waals surface area contributed by atoms with Crippen molar-refractivity contribution in [2.75, 3.05) is 0 Å². The molecule has 1 fully saturated rings. The van der Waals surface area contributed by atoms with E-state index in [0.717, 1.165) is 41.0 Å². The number of halogens is 1. The van der Waals surface area contributed by atoms with Crippen LogP contribution in [0, 0.1) is 6.92 Å². The number of aromatic hydroxyl groups is 1. The van der Waals surface area contributed by atoms with Gasteiger partial charge >= 0.3 is 0 Å². The van der Waals surface area contributed by atoms with Crippen LogP contribution in [0.4, 0.5) is 0 Å². The molecule has 0 unspecified atom stereocenters. The third-order valence-electron chi connectivity index (χ3n) is 5.79. The van der Waals surface area contributed by atoms with E-state index in [1.165, 1.54) is 0 Å². The maximum absolute atomic E-state index is 8.63. The van der Waals surface area contributed by atoms with Crippen molar-refractivity contribution in [3.8, 4) is 28.3 Å². The summed E-state index contributed by atoms with van der Waals surface area (Å²) in [6.07, 6.45) is 1.79. The van der Waals surface area contributed by atoms with E-state index in [-0.39, 0.29) is 0 Å². The van der Waals surface area contributed by atoms with Gasteiger partial charge in [-0.05, 0) is 61.7 Å². The van der Waals surface area contributed by atoms with Gasteiger partial charge in [0, 0.05) is 16.1 Å². The molecule has 2 aromatic heterocycles. The molecule has 0 radical (unpaired) electrons. The Morgan fingerprint density at radius 3 is 2.06 bits per heavy atom. The molecular weight excluding hydrogens is 450 g/mol. The molecule has 0 amide bonds. The first-order valence-corrected chi connectivity index (χ1v) is 11.3. The molecule has 0 atom stereocenters. The summed E-state index contributed by atoms with van der Waals surface area (Å²) < 4.78 is 11.8. The number of benzene rings is 3. The van der Waals surface area contributed by atoms with Crippen LogP contribution in [0.1, 0.15) is 30.2 Å². The molecule has 2 heterocycles. The monoisotopic (exact) mass is 471 g/mol. The molecule has 0 bridgehead atoms. The van der Waals surface area contributed by atoms with E-state index in [0.29, 0.717) is 22.6 Å². The number of phenols is 1. The number of aryl methyl sites for hydroxylation is 1. The minimum atomic E-state index is -0.399. The van der Waals surface area contributed by atoms with Crippen LogP contribution in [0.2, 0.25) is 5.02 Å². The molecule has 1 N–H and O–H groups in total. The van der Waals surface area contributed by atoms with Gasteiger partial charge in [0.15, 0.2) is 5.76 Å². The standard InChI is InChI=1S/C21H16ClN3O2.C6H6O/c1-13-17(14-5-3-2-4-6-14)18(27-25-13)21(11-12-21)20-24-23-19(26-20)15-7-9-16(22)10-8-15;7-6-4-2-1-3-5-6/h2-10H,11-12H2,1H3;1-5,7H. The molecule has 7 heteroatoms. The van der Waals surface area contributed by atoms with Crippen molar-refractivity contribution in [1.29, 1.82) is 0 Å². The van der Waals surface area contributed by atoms with E-state index < -0.39 is 5.41 Å². The van der Waals surface area contributed by atoms with E-state index >= 15 is 0 Å². The quantitative estimate of drug-likeness (QED) is 0.309. The second kappa shape index (κ2) is 9.15. The lowest BCUT2D eigenvalue weighted by Gasteiger charge is -2.09. The molecule has 170 valence electrons. The number of aromatic nitrogens is 3. The minimum absolute atomic E-state index is 0.322. The summed E-state index contributed by atoms with van der Waals surface area (Å²) in [7, 11) is 0. The zero-order chi connectivity index (χ0) is 23.5. The minimum Gasteiger partial charge on any atom is -0.508 e. The molecule has 0 spiro atoms. The zero-order valence-corrected chi connectivity index (χ0v) is 19.2. The van der Waals surface area contributed by atoms with Crippen LogP contribution in [-0.4, -0.2) is 20.5 Å². The zero-order valence-electron chi connectivity index (χ0n) is 18.5. The molecular formula is C27H22ClN3O3. The topological polar surface area (TPSA) is 85.2 Å². The first-order valence-electron chi connectivity index (χ1n) is 10.9. The molecule has 1 aliphatic carbocycles. The van der Waals surface area contributed by atoms with Gasteiger partial charge in [0.2, 0.25) is 11.8 Å². The fourth-order valence-electron chi connectivity index (χ4n) is 3.86. The Balaban J connectivity index is 0.000000297. The highest BCUT2D eigenvalue weighted by Gasteiger charge is 2.55. The Bertz CT molecular complexity index is 1380. The molecule has 0 aliphatic heterocycles. The Morgan fingerprint density at radius 1 is 0.824 bits per heavy atom. The highest BCUT2D eigenvalue weighted by Crippen LogP contribution is 2.56. The highest BCUT2D eigenvalue weighted by molar-refractivity contribution is 6.30. The van der Waals surface area contributed by atoms with Crippen molar-refractivity contribution in [2.24, 2.45) is 0 Å². The lowest BCUT2D eigenvalue weighted by atomic mass is 9.94. The number of rotatable bonds is 4. The third kappa shape index (κ3) is 4.32. The second-order valence-electron chi connectivity index (χ2n) is 8.18. The first-order chi connectivity index (χ1) is 16.6. The molecule has 6 rings (SSSR count). The predicted molar refractivity (Wildman–Crippen MR) is 130 cm³/mol. The molecule has 3 aromatic carbocycles. The van der Waals surface area contributed by atoms with Crippen molar-refractivity contribution in [3.05, 3.63) is 107 Å². The van der Waals surface area contributed by atoms with Crippen LogP contribution in [0.15, 0.2) is 93.9 Å². The van der Waals surface area contributed by atoms with Gasteiger partial charge < -0.3 is 14.0 Å². The summed E-state index contributed by atoms with van der Waals surface area (Å²) in [6.45, 7) is 1.96. The number of hydrogen-bond acceptors (Lipinski definition) is 6. The van der Waals surface area contributed by atoms with E-state index in [1.807, 2.05) is 43.3 Å². The number of nitrogens with zero attached hydrogens (tertiary/aromatic N) is 3. The second-order valence-corrected chi connectivity index (χ2v) is 8.61. The molecule has 34 heavy (non-hydrogen) atoms. The van der Waals surface area contributed by atoms with Gasteiger partial charge in [-0.3, -0.25) is 0 Å². The van der Waals surface area contributed by atoms with Gasteiger partial charge in [-0.2, -0.15) is 0 Å². The fourth-order valence-corrected chi connectivity index (χ4v) is 3.98. The fraction of sp³-hybridized carbons (Fsp3) is 0.148. The van der Waals surface area contributed by atoms with Gasteiger partial charge in [0.05, 0.1) is 5.69 Å². The van der Waals surface area contributed by atoms with Crippen LogP contribution < -0.4 is 0 Å². The molecule has 1 aliphatic rings. The van der Waals surface area contributed by atoms with Crippen LogP contribution in [0.25, 0.3) is 22.6 Å². The van der Waals surface area contributed by atoms with Gasteiger partial charge in [0.25, 0.3) is 0 Å². The van der Waals surface area contributed by atoms with E-state index in [9.17, 15) is 0 Å². The van der Waals surface area contributed by atoms with E-state index in [2.05, 4.69) is 27.5 Å². The lowest BCUT2D eigenvalue weighted by Crippen LogP contribution is -2.09. The summed E-state index contributed by atoms with van der Waals surface area (Å²) in [4.78, 5) is 0. The third-order valence-corrected chi connectivity index (χ3v) is 6.04. The average Bonchev–Trinajstić information content (AvgIpc) is 3.33. The molecule has 0 saturated heterocycles. The maximum Gasteiger partial charge on any atom is 0.247 e. The molecule has 6 nitrogen and oxygen atoms in total. The summed E-state index contributed by atoms with van der Waals surface area (Å²) in [6, 6.07) is 26.2. The Kier molecular flexibility index (Phi) is 5.90. The van der Waals surface area contributed by atoms with Crippen LogP contribution >= 0.6 is 11.6 Å². The van der Waals surface area contributed by atoms with Crippen LogP contribution in [0.5, 0.6) is 5.75 Å². The number of para-hydroxylation sites is 1. The van der Waals surface area contributed by atoms with Crippen molar-refractivity contribution in [3.63, 3.8) is 0 Å². The normalized spacial score (nSPS) is 13.7. The van der Waals surface area contributed by atoms with E-state index in [1.54, 1.807) is 36.4 Å². The largest absolute Gasteiger partial charge is 0.508 e. The lowest BCUT2D eigenvalue weighted by molar-refractivity contribution is 0.341. The molecule has 5 aromatic rings. The van der Waals surface area contributed by atoms with Crippen LogP contribution in [-0.2, 0) is 5.41 Å². The maximum atomic E-state index is 8.63. The van der Waals surface area contributed by atoms with Gasteiger partial charge in [0.1, 0.15) is 11.2 Å². The summed E-state index contributed by atoms with van der Waals surface area (Å²) >= 11 is 5.96. The summed E-state index contributed by atoms with van der Waals surface area (Å²) in [5.41, 5.74) is 3.39. The number of hydrogen-bond donors (Lipinski definition) is 1. The molecule has 1 saturated carbocycles. The van der Waals surface area contributed by atoms with Crippen molar-refractivity contribution in [2.45, 2.75) is 25.2 Å². The van der Waals surface area contributed by atoms with E-state index in [4.69, 9.17) is 25.6 Å². The van der Waals surface area contributed by atoms with Crippen molar-refractivity contribution in [1.82, 2.24) is 15.4 Å². The number of phenolic OH excluding ortho intramolecular Hbond substituents is 1. The van der Waals surface area contributed by atoms with Crippen molar-refractivity contribution < 1.29 is 14.0 Å². The smallest absolute Gasteiger partial charge is 0.247 e. The van der Waals surface area contributed by atoms with Gasteiger partial charge in [-0.1, -0.05) is 65.3 Å². The van der Waals surface area contributed by atoms with Gasteiger partial charge in [-0.25, -0.2) is 0 Å². The summed E-state index contributed by atoms with van der Waals surface area (Å²) in [5.74, 6) is 2.17. The van der Waals surface area contributed by atoms with Crippen LogP contribution in [0.3, 0.4) is 0 Å². The first kappa shape index (κ1) is 21.9. The highest BCUT2D eigenvalue weighted by atomic mass is 35.5. The Morgan fingerprint density at radius 2 is 1.47 bits per heavy atom. The predicted octanol–water partition coefficient (Wildman–Crippen LogP) is 6.83. The average molecular weight is 472 g/mol. The Hall–Kier alpha value is -3.90. The Labute approximate surface area is 201 Å². The van der Waals surface area contributed by atoms with Gasteiger partial charge in [-0.15, -0.1) is 10.2 Å². The summed E-state index contributed by atoms with van der Waals surface area (Å²) in [5, 5.41) is 22.1. The SMILES string of the molecule is Cc1noc(C2(c3nnc(-c4ccc(Cl)cc4)o3)CC2)c1-c1ccccc1.Oc1ccccc1. The van der Waals surface area contributed by atoms with Crippen molar-refractivity contribution >= 4 is 11.6 Å².